The van der Waals surface area contributed by atoms with Gasteiger partial charge in [0.05, 0.1) is 17.4 Å². The van der Waals surface area contributed by atoms with Gasteiger partial charge in [0.15, 0.2) is 5.78 Å². The Morgan fingerprint density at radius 2 is 1.68 bits per heavy atom. The van der Waals surface area contributed by atoms with Crippen LogP contribution in [0.3, 0.4) is 0 Å². The van der Waals surface area contributed by atoms with Crippen LogP contribution in [-0.2, 0) is 0 Å². The van der Waals surface area contributed by atoms with E-state index in [2.05, 4.69) is 60.5 Å². The van der Waals surface area contributed by atoms with E-state index in [1.807, 2.05) is 30.3 Å². The van der Waals surface area contributed by atoms with E-state index < -0.39 is 0 Å². The van der Waals surface area contributed by atoms with E-state index in [0.717, 1.165) is 29.8 Å². The van der Waals surface area contributed by atoms with Gasteiger partial charge in [-0.2, -0.15) is 0 Å². The van der Waals surface area contributed by atoms with Crippen molar-refractivity contribution in [3.8, 4) is 0 Å². The molecule has 1 aliphatic heterocycles. The Morgan fingerprint density at radius 3 is 2.43 bits per heavy atom. The fraction of sp³-hybridized carbons (Fsp3) is 0.208. The highest BCUT2D eigenvalue weighted by Gasteiger charge is 2.33. The average Bonchev–Trinajstić information content (AvgIpc) is 2.76. The molecule has 0 radical (unpaired) electrons. The van der Waals surface area contributed by atoms with Crippen LogP contribution in [0, 0.1) is 0 Å². The highest BCUT2D eigenvalue weighted by atomic mass is 32.2. The second-order valence-electron chi connectivity index (χ2n) is 6.81. The quantitative estimate of drug-likeness (QED) is 0.323. The maximum Gasteiger partial charge on any atom is 0.185 e. The molecule has 0 amide bonds. The fourth-order valence-corrected chi connectivity index (χ4v) is 5.16. The van der Waals surface area contributed by atoms with E-state index >= 15 is 0 Å². The van der Waals surface area contributed by atoms with Crippen LogP contribution < -0.4 is 4.90 Å². The summed E-state index contributed by atoms with van der Waals surface area (Å²) in [4.78, 5) is 19.5. The number of rotatable bonds is 6. The van der Waals surface area contributed by atoms with Crippen molar-refractivity contribution in [2.24, 2.45) is 0 Å². The predicted molar refractivity (Wildman–Crippen MR) is 120 cm³/mol. The molecule has 0 fully saturated rings. The SMILES string of the molecule is CCCC(C(=O)c1ccccc1)N1c2ccccc2Sc2ccc(SC)cc21. The Hall–Kier alpha value is -2.17. The summed E-state index contributed by atoms with van der Waals surface area (Å²) in [6.07, 6.45) is 3.86. The topological polar surface area (TPSA) is 20.3 Å². The zero-order chi connectivity index (χ0) is 19.5. The molecule has 0 saturated heterocycles. The summed E-state index contributed by atoms with van der Waals surface area (Å²) in [6.45, 7) is 2.15. The molecule has 1 atom stereocenters. The lowest BCUT2D eigenvalue weighted by Gasteiger charge is -2.38. The van der Waals surface area contributed by atoms with Crippen LogP contribution in [0.25, 0.3) is 0 Å². The van der Waals surface area contributed by atoms with Gasteiger partial charge in [-0.05, 0) is 43.0 Å². The van der Waals surface area contributed by atoms with Crippen LogP contribution in [-0.4, -0.2) is 18.1 Å². The number of hydrogen-bond donors (Lipinski definition) is 0. The first-order valence-corrected chi connectivity index (χ1v) is 11.6. The molecule has 142 valence electrons. The van der Waals surface area contributed by atoms with Crippen LogP contribution in [0.15, 0.2) is 87.5 Å². The molecule has 0 saturated carbocycles. The van der Waals surface area contributed by atoms with E-state index in [9.17, 15) is 4.79 Å². The molecule has 0 aromatic heterocycles. The smallest absolute Gasteiger partial charge is 0.185 e. The first-order chi connectivity index (χ1) is 13.7. The first kappa shape index (κ1) is 19.2. The Labute approximate surface area is 175 Å². The molecule has 2 nitrogen and oxygen atoms in total. The van der Waals surface area contributed by atoms with Crippen LogP contribution in [0.1, 0.15) is 30.1 Å². The third kappa shape index (κ3) is 3.59. The summed E-state index contributed by atoms with van der Waals surface area (Å²) in [7, 11) is 0. The van der Waals surface area contributed by atoms with Gasteiger partial charge in [-0.1, -0.05) is 67.6 Å². The van der Waals surface area contributed by atoms with E-state index in [0.29, 0.717) is 0 Å². The van der Waals surface area contributed by atoms with Crippen molar-refractivity contribution in [2.75, 3.05) is 11.2 Å². The van der Waals surface area contributed by atoms with Crippen LogP contribution in [0.4, 0.5) is 11.4 Å². The van der Waals surface area contributed by atoms with E-state index in [4.69, 9.17) is 0 Å². The van der Waals surface area contributed by atoms with Gasteiger partial charge in [0.1, 0.15) is 0 Å². The van der Waals surface area contributed by atoms with Crippen molar-refractivity contribution < 1.29 is 4.79 Å². The minimum absolute atomic E-state index is 0.185. The number of hydrogen-bond acceptors (Lipinski definition) is 4. The van der Waals surface area contributed by atoms with Crippen molar-refractivity contribution in [2.45, 2.75) is 40.5 Å². The normalized spacial score (nSPS) is 13.6. The van der Waals surface area contributed by atoms with Gasteiger partial charge in [0.2, 0.25) is 0 Å². The average molecular weight is 406 g/mol. The molecule has 0 spiro atoms. The number of anilines is 2. The van der Waals surface area contributed by atoms with Crippen molar-refractivity contribution in [1.82, 2.24) is 0 Å². The molecule has 1 unspecified atom stereocenters. The van der Waals surface area contributed by atoms with Crippen molar-refractivity contribution in [3.05, 3.63) is 78.4 Å². The molecule has 3 aromatic rings. The molecular formula is C24H23NOS2. The molecule has 1 heterocycles. The lowest BCUT2D eigenvalue weighted by atomic mass is 9.97. The maximum absolute atomic E-state index is 13.6. The third-order valence-corrected chi connectivity index (χ3v) is 6.86. The number of ketones is 1. The summed E-state index contributed by atoms with van der Waals surface area (Å²) >= 11 is 3.52. The molecule has 28 heavy (non-hydrogen) atoms. The van der Waals surface area contributed by atoms with E-state index in [-0.39, 0.29) is 11.8 Å². The molecule has 1 aliphatic rings. The summed E-state index contributed by atoms with van der Waals surface area (Å²) in [6, 6.07) is 24.5. The fourth-order valence-electron chi connectivity index (χ4n) is 3.67. The number of thioether (sulfide) groups is 1. The Balaban J connectivity index is 1.87. The highest BCUT2D eigenvalue weighted by Crippen LogP contribution is 2.50. The first-order valence-electron chi connectivity index (χ1n) is 9.56. The number of carbonyl (C=O) groups is 1. The van der Waals surface area contributed by atoms with Gasteiger partial charge in [-0.15, -0.1) is 11.8 Å². The number of fused-ring (bicyclic) bond motifs is 2. The van der Waals surface area contributed by atoms with Gasteiger partial charge in [-0.3, -0.25) is 4.79 Å². The minimum atomic E-state index is -0.217. The van der Waals surface area contributed by atoms with Crippen LogP contribution in [0.5, 0.6) is 0 Å². The van der Waals surface area contributed by atoms with Gasteiger partial charge in [0.25, 0.3) is 0 Å². The number of nitrogens with zero attached hydrogens (tertiary/aromatic N) is 1. The Bertz CT molecular complexity index is 987. The van der Waals surface area contributed by atoms with Crippen molar-refractivity contribution in [3.63, 3.8) is 0 Å². The maximum atomic E-state index is 13.6. The Kier molecular flexibility index (Phi) is 5.79. The van der Waals surface area contributed by atoms with Gasteiger partial charge in [-0.25, -0.2) is 0 Å². The summed E-state index contributed by atoms with van der Waals surface area (Å²) < 4.78 is 0. The molecular weight excluding hydrogens is 382 g/mol. The van der Waals surface area contributed by atoms with E-state index in [1.54, 1.807) is 23.5 Å². The largest absolute Gasteiger partial charge is 0.329 e. The van der Waals surface area contributed by atoms with Crippen molar-refractivity contribution >= 4 is 40.7 Å². The van der Waals surface area contributed by atoms with Crippen LogP contribution in [0.2, 0.25) is 0 Å². The summed E-state index contributed by atoms with van der Waals surface area (Å²) in [5.74, 6) is 0.185. The number of para-hydroxylation sites is 1. The molecule has 3 aromatic carbocycles. The Morgan fingerprint density at radius 1 is 0.964 bits per heavy atom. The highest BCUT2D eigenvalue weighted by molar-refractivity contribution is 8.00. The lowest BCUT2D eigenvalue weighted by molar-refractivity contribution is 0.0956. The summed E-state index contributed by atoms with van der Waals surface area (Å²) in [5.41, 5.74) is 3.04. The molecule has 0 bridgehead atoms. The van der Waals surface area contributed by atoms with Gasteiger partial charge in [0, 0.05) is 20.2 Å². The van der Waals surface area contributed by atoms with Crippen LogP contribution >= 0.6 is 23.5 Å². The number of carbonyl (C=O) groups excluding carboxylic acids is 1. The van der Waals surface area contributed by atoms with Gasteiger partial charge < -0.3 is 4.90 Å². The third-order valence-electron chi connectivity index (χ3n) is 5.01. The second kappa shape index (κ2) is 8.46. The molecule has 0 N–H and O–H groups in total. The second-order valence-corrected chi connectivity index (χ2v) is 8.77. The minimum Gasteiger partial charge on any atom is -0.329 e. The lowest BCUT2D eigenvalue weighted by Crippen LogP contribution is -2.39. The van der Waals surface area contributed by atoms with Crippen molar-refractivity contribution in [1.29, 1.82) is 0 Å². The molecule has 4 rings (SSSR count). The van der Waals surface area contributed by atoms with Gasteiger partial charge >= 0.3 is 0 Å². The molecule has 0 aliphatic carbocycles. The zero-order valence-corrected chi connectivity index (χ0v) is 17.7. The number of Topliss-reactive ketones (excluding diaryl/α,β-unsaturated/α-hetero) is 1. The standard InChI is InChI=1S/C24H23NOS2/c1-3-9-20(24(26)17-10-5-4-6-11-17)25-19-12-7-8-13-22(19)28-23-15-14-18(27-2)16-21(23)25/h4-8,10-16,20H,3,9H2,1-2H3. The van der Waals surface area contributed by atoms with E-state index in [1.165, 1.54) is 14.7 Å². The molecule has 4 heteroatoms. The summed E-state index contributed by atoms with van der Waals surface area (Å²) in [5, 5.41) is 0. The monoisotopic (exact) mass is 405 g/mol. The number of benzene rings is 3. The predicted octanol–water partition coefficient (Wildman–Crippen LogP) is 7.06. The zero-order valence-electron chi connectivity index (χ0n) is 16.1.